The van der Waals surface area contributed by atoms with Crippen molar-refractivity contribution >= 4 is 0 Å². The van der Waals surface area contributed by atoms with Gasteiger partial charge in [0.25, 0.3) is 0 Å². The maximum atomic E-state index is 5.06. The average molecular weight is 768 g/mol. The Bertz CT molecular complexity index is 2970. The van der Waals surface area contributed by atoms with Gasteiger partial charge in [-0.05, 0) is 81.4 Å². The minimum absolute atomic E-state index is 0.706. The van der Waals surface area contributed by atoms with Gasteiger partial charge in [0.1, 0.15) is 0 Å². The molecule has 10 aromatic rings. The Labute approximate surface area is 349 Å². The highest BCUT2D eigenvalue weighted by molar-refractivity contribution is 5.80. The molecule has 0 amide bonds. The van der Waals surface area contributed by atoms with Gasteiger partial charge in [-0.25, -0.2) is 15.0 Å². The van der Waals surface area contributed by atoms with Gasteiger partial charge in [0, 0.05) is 34.6 Å². The van der Waals surface area contributed by atoms with Crippen LogP contribution in [0.15, 0.2) is 225 Å². The third kappa shape index (κ3) is 7.76. The highest BCUT2D eigenvalue weighted by atomic mass is 14.9. The zero-order valence-corrected chi connectivity index (χ0v) is 32.6. The molecule has 282 valence electrons. The Kier molecular flexibility index (Phi) is 9.88. The summed E-state index contributed by atoms with van der Waals surface area (Å²) in [6, 6.07) is 73.1. The number of nitrogens with zero attached hydrogens (tertiary/aromatic N) is 5. The molecule has 10 rings (SSSR count). The van der Waals surface area contributed by atoms with Crippen LogP contribution in [0.1, 0.15) is 0 Å². The monoisotopic (exact) mass is 767 g/mol. The molecule has 0 aliphatic heterocycles. The smallest absolute Gasteiger partial charge is 0.160 e. The largest absolute Gasteiger partial charge is 0.255 e. The van der Waals surface area contributed by atoms with Crippen molar-refractivity contribution in [3.8, 4) is 101 Å². The summed E-state index contributed by atoms with van der Waals surface area (Å²) in [6.45, 7) is 0. The number of rotatable bonds is 9. The van der Waals surface area contributed by atoms with Gasteiger partial charge < -0.3 is 0 Å². The standard InChI is InChI=1S/C55H37N5/c1-4-13-38(14-5-1)45-19-12-20-46(33-45)48-34-53(49-21-10-11-32-56-49)58-54(35-48)50-31-30-47(37-57-50)41-24-22-39(23-25-41)40-26-28-43(29-27-40)52-36-51(42-15-6-2-7-16-42)59-55(60-52)44-17-8-3-9-18-44/h1-37H. The summed E-state index contributed by atoms with van der Waals surface area (Å²) in [5.74, 6) is 0.706. The molecule has 0 N–H and O–H groups in total. The predicted octanol–water partition coefficient (Wildman–Crippen LogP) is 13.7. The zero-order chi connectivity index (χ0) is 40.1. The zero-order valence-electron chi connectivity index (χ0n) is 32.6. The predicted molar refractivity (Wildman–Crippen MR) is 244 cm³/mol. The van der Waals surface area contributed by atoms with Gasteiger partial charge in [0.15, 0.2) is 5.82 Å². The normalized spacial score (nSPS) is 11.0. The van der Waals surface area contributed by atoms with Crippen LogP contribution in [0, 0.1) is 0 Å². The first-order valence-corrected chi connectivity index (χ1v) is 20.0. The van der Waals surface area contributed by atoms with Crippen molar-refractivity contribution in [3.05, 3.63) is 225 Å². The van der Waals surface area contributed by atoms with E-state index < -0.39 is 0 Å². The van der Waals surface area contributed by atoms with Gasteiger partial charge in [-0.15, -0.1) is 0 Å². The second kappa shape index (κ2) is 16.4. The van der Waals surface area contributed by atoms with Crippen molar-refractivity contribution in [2.75, 3.05) is 0 Å². The summed E-state index contributed by atoms with van der Waals surface area (Å²) in [5.41, 5.74) is 16.9. The fourth-order valence-corrected chi connectivity index (χ4v) is 7.46. The SMILES string of the molecule is c1ccc(-c2cccc(-c3cc(-c4ccccn4)nc(-c4ccc(-c5ccc(-c6ccc(-c7cc(-c8ccccc8)nc(-c8ccccc8)n7)cc6)cc5)cn4)c3)c2)cc1. The lowest BCUT2D eigenvalue weighted by Gasteiger charge is -2.11. The molecule has 0 bridgehead atoms. The third-order valence-electron chi connectivity index (χ3n) is 10.6. The number of pyridine rings is 3. The molecule has 5 heteroatoms. The van der Waals surface area contributed by atoms with Crippen LogP contribution in [-0.2, 0) is 0 Å². The number of hydrogen-bond acceptors (Lipinski definition) is 5. The maximum Gasteiger partial charge on any atom is 0.160 e. The molecule has 4 aromatic heterocycles. The molecule has 0 spiro atoms. The molecular formula is C55H37N5. The van der Waals surface area contributed by atoms with E-state index in [0.29, 0.717) is 5.82 Å². The first-order valence-electron chi connectivity index (χ1n) is 20.0. The Morgan fingerprint density at radius 3 is 1.23 bits per heavy atom. The van der Waals surface area contributed by atoms with Crippen LogP contribution in [0.2, 0.25) is 0 Å². The van der Waals surface area contributed by atoms with E-state index in [9.17, 15) is 0 Å². The minimum Gasteiger partial charge on any atom is -0.255 e. The van der Waals surface area contributed by atoms with Gasteiger partial charge in [0.05, 0.1) is 34.2 Å². The van der Waals surface area contributed by atoms with E-state index in [-0.39, 0.29) is 0 Å². The van der Waals surface area contributed by atoms with E-state index in [0.717, 1.165) is 89.8 Å². The van der Waals surface area contributed by atoms with Crippen LogP contribution >= 0.6 is 0 Å². The molecule has 0 aliphatic carbocycles. The number of aromatic nitrogens is 5. The summed E-state index contributed by atoms with van der Waals surface area (Å²) in [5, 5.41) is 0. The van der Waals surface area contributed by atoms with Gasteiger partial charge >= 0.3 is 0 Å². The van der Waals surface area contributed by atoms with Crippen LogP contribution in [0.25, 0.3) is 101 Å². The van der Waals surface area contributed by atoms with Crippen molar-refractivity contribution in [1.29, 1.82) is 0 Å². The first-order chi connectivity index (χ1) is 29.7. The summed E-state index contributed by atoms with van der Waals surface area (Å²) in [4.78, 5) is 24.6. The molecule has 0 unspecified atom stereocenters. The van der Waals surface area contributed by atoms with Crippen LogP contribution in [0.3, 0.4) is 0 Å². The second-order valence-electron chi connectivity index (χ2n) is 14.6. The quantitative estimate of drug-likeness (QED) is 0.146. The van der Waals surface area contributed by atoms with Gasteiger partial charge in [-0.2, -0.15) is 0 Å². The molecule has 0 fully saturated rings. The summed E-state index contributed by atoms with van der Waals surface area (Å²) < 4.78 is 0. The average Bonchev–Trinajstić information content (AvgIpc) is 3.35. The van der Waals surface area contributed by atoms with Crippen LogP contribution in [0.5, 0.6) is 0 Å². The van der Waals surface area contributed by atoms with Gasteiger partial charge in [-0.1, -0.05) is 170 Å². The lowest BCUT2D eigenvalue weighted by atomic mass is 9.97. The third-order valence-corrected chi connectivity index (χ3v) is 10.6. The van der Waals surface area contributed by atoms with E-state index in [1.54, 1.807) is 6.20 Å². The molecule has 6 aromatic carbocycles. The Morgan fingerprint density at radius 2 is 0.667 bits per heavy atom. The lowest BCUT2D eigenvalue weighted by molar-refractivity contribution is 1.18. The van der Waals surface area contributed by atoms with Crippen molar-refractivity contribution in [3.63, 3.8) is 0 Å². The molecule has 0 radical (unpaired) electrons. The summed E-state index contributed by atoms with van der Waals surface area (Å²) in [6.07, 6.45) is 3.73. The summed E-state index contributed by atoms with van der Waals surface area (Å²) in [7, 11) is 0. The fourth-order valence-electron chi connectivity index (χ4n) is 7.46. The molecule has 60 heavy (non-hydrogen) atoms. The highest BCUT2D eigenvalue weighted by Crippen LogP contribution is 2.34. The van der Waals surface area contributed by atoms with E-state index in [1.807, 2.05) is 79.0 Å². The van der Waals surface area contributed by atoms with Crippen molar-refractivity contribution in [2.24, 2.45) is 0 Å². The Morgan fingerprint density at radius 1 is 0.217 bits per heavy atom. The molecule has 0 saturated carbocycles. The van der Waals surface area contributed by atoms with Crippen LogP contribution in [0.4, 0.5) is 0 Å². The number of benzene rings is 6. The highest BCUT2D eigenvalue weighted by Gasteiger charge is 2.14. The Balaban J connectivity index is 0.911. The van der Waals surface area contributed by atoms with Crippen molar-refractivity contribution in [2.45, 2.75) is 0 Å². The molecule has 5 nitrogen and oxygen atoms in total. The van der Waals surface area contributed by atoms with E-state index >= 15 is 0 Å². The molecule has 0 aliphatic rings. The lowest BCUT2D eigenvalue weighted by Crippen LogP contribution is -1.95. The maximum absolute atomic E-state index is 5.06. The molecule has 0 atom stereocenters. The van der Waals surface area contributed by atoms with Crippen LogP contribution in [-0.4, -0.2) is 24.9 Å². The minimum atomic E-state index is 0.706. The Hall–Kier alpha value is -8.15. The second-order valence-corrected chi connectivity index (χ2v) is 14.6. The van der Waals surface area contributed by atoms with Crippen molar-refractivity contribution in [1.82, 2.24) is 24.9 Å². The molecule has 4 heterocycles. The van der Waals surface area contributed by atoms with E-state index in [2.05, 4.69) is 145 Å². The summed E-state index contributed by atoms with van der Waals surface area (Å²) >= 11 is 0. The van der Waals surface area contributed by atoms with Gasteiger partial charge in [-0.3, -0.25) is 9.97 Å². The van der Waals surface area contributed by atoms with E-state index in [4.69, 9.17) is 19.9 Å². The van der Waals surface area contributed by atoms with Crippen LogP contribution < -0.4 is 0 Å². The van der Waals surface area contributed by atoms with E-state index in [1.165, 1.54) is 5.56 Å². The molecule has 0 saturated heterocycles. The number of hydrogen-bond donors (Lipinski definition) is 0. The molecular weight excluding hydrogens is 731 g/mol. The fraction of sp³-hybridized carbons (Fsp3) is 0. The topological polar surface area (TPSA) is 64.5 Å². The van der Waals surface area contributed by atoms with Crippen molar-refractivity contribution < 1.29 is 0 Å². The van der Waals surface area contributed by atoms with Gasteiger partial charge in [0.2, 0.25) is 0 Å². The first kappa shape index (κ1) is 36.2.